The van der Waals surface area contributed by atoms with Gasteiger partial charge in [-0.3, -0.25) is 9.40 Å². The van der Waals surface area contributed by atoms with E-state index in [-0.39, 0.29) is 10.7 Å². The largest absolute Gasteiger partial charge is 0.381 e. The van der Waals surface area contributed by atoms with E-state index in [1.807, 2.05) is 6.92 Å². The molecule has 0 saturated heterocycles. The summed E-state index contributed by atoms with van der Waals surface area (Å²) in [5.41, 5.74) is 7.36. The van der Waals surface area contributed by atoms with Gasteiger partial charge < -0.3 is 5.73 Å². The number of anilines is 2. The minimum Gasteiger partial charge on any atom is -0.381 e. The Bertz CT molecular complexity index is 768. The predicted octanol–water partition coefficient (Wildman–Crippen LogP) is 2.07. The number of aryl methyl sites for hydroxylation is 2. The van der Waals surface area contributed by atoms with Gasteiger partial charge in [0.15, 0.2) is 10.7 Å². The van der Waals surface area contributed by atoms with Gasteiger partial charge in [-0.2, -0.15) is 5.10 Å². The van der Waals surface area contributed by atoms with E-state index >= 15 is 0 Å². The van der Waals surface area contributed by atoms with Crippen molar-refractivity contribution in [2.24, 2.45) is 7.05 Å². The number of aromatic nitrogens is 2. The Morgan fingerprint density at radius 3 is 2.50 bits per heavy atom. The first-order valence-corrected chi connectivity index (χ1v) is 7.66. The number of hydrogen-bond donors (Lipinski definition) is 2. The van der Waals surface area contributed by atoms with Crippen LogP contribution in [-0.2, 0) is 17.1 Å². The van der Waals surface area contributed by atoms with E-state index in [4.69, 9.17) is 17.3 Å². The fourth-order valence-corrected chi connectivity index (χ4v) is 3.59. The van der Waals surface area contributed by atoms with Crippen LogP contribution in [0, 0.1) is 13.8 Å². The third-order valence-electron chi connectivity index (χ3n) is 2.94. The second-order valence-electron chi connectivity index (χ2n) is 4.51. The lowest BCUT2D eigenvalue weighted by molar-refractivity contribution is 0.600. The molecule has 0 spiro atoms. The highest BCUT2D eigenvalue weighted by Crippen LogP contribution is 2.28. The van der Waals surface area contributed by atoms with Gasteiger partial charge in [0.25, 0.3) is 10.0 Å². The lowest BCUT2D eigenvalue weighted by atomic mass is 10.2. The zero-order valence-corrected chi connectivity index (χ0v) is 12.9. The normalized spacial score (nSPS) is 11.6. The number of nitrogens with two attached hydrogens (primary N) is 1. The van der Waals surface area contributed by atoms with Gasteiger partial charge >= 0.3 is 0 Å². The fourth-order valence-electron chi connectivity index (χ4n) is 1.85. The number of rotatable bonds is 3. The molecule has 0 amide bonds. The minimum absolute atomic E-state index is 0.0309. The summed E-state index contributed by atoms with van der Waals surface area (Å²) >= 11 is 6.03. The molecule has 0 bridgehead atoms. The fraction of sp³-hybridized carbons (Fsp3) is 0.250. The molecular weight excluding hydrogens is 300 g/mol. The van der Waals surface area contributed by atoms with Crippen LogP contribution in [0.3, 0.4) is 0 Å². The molecule has 0 fully saturated rings. The monoisotopic (exact) mass is 314 g/mol. The molecule has 0 atom stereocenters. The molecule has 0 aliphatic rings. The van der Waals surface area contributed by atoms with E-state index in [0.717, 1.165) is 5.56 Å². The molecule has 8 heteroatoms. The third kappa shape index (κ3) is 2.59. The Balaban J connectivity index is 2.46. The lowest BCUT2D eigenvalue weighted by Gasteiger charge is -2.10. The summed E-state index contributed by atoms with van der Waals surface area (Å²) < 4.78 is 28.6. The van der Waals surface area contributed by atoms with E-state index in [1.165, 1.54) is 4.68 Å². The van der Waals surface area contributed by atoms with E-state index in [0.29, 0.717) is 16.4 Å². The first-order valence-electron chi connectivity index (χ1n) is 5.80. The van der Waals surface area contributed by atoms with Crippen molar-refractivity contribution < 1.29 is 8.42 Å². The molecule has 2 rings (SSSR count). The standard InChI is InChI=1S/C12H15ClN4O2S/c1-7-4-5-10(9(13)6-7)16-20(18,19)11-8(2)17(3)15-12(11)14/h4-6,16H,1-3H3,(H2,14,15). The summed E-state index contributed by atoms with van der Waals surface area (Å²) in [7, 11) is -2.20. The highest BCUT2D eigenvalue weighted by atomic mass is 35.5. The molecule has 108 valence electrons. The van der Waals surface area contributed by atoms with Crippen LogP contribution in [0.4, 0.5) is 11.5 Å². The zero-order chi connectivity index (χ0) is 15.1. The number of benzene rings is 1. The summed E-state index contributed by atoms with van der Waals surface area (Å²) in [5, 5.41) is 4.22. The van der Waals surface area contributed by atoms with Crippen LogP contribution in [0.15, 0.2) is 23.1 Å². The van der Waals surface area contributed by atoms with Crippen molar-refractivity contribution in [3.63, 3.8) is 0 Å². The minimum atomic E-state index is -3.83. The van der Waals surface area contributed by atoms with Crippen molar-refractivity contribution in [1.29, 1.82) is 0 Å². The van der Waals surface area contributed by atoms with Gasteiger partial charge in [0.2, 0.25) is 0 Å². The molecule has 1 aromatic heterocycles. The molecular formula is C12H15ClN4O2S. The highest BCUT2D eigenvalue weighted by molar-refractivity contribution is 7.93. The van der Waals surface area contributed by atoms with Crippen molar-refractivity contribution >= 4 is 33.1 Å². The molecule has 1 aromatic carbocycles. The average molecular weight is 315 g/mol. The number of nitrogens with one attached hydrogen (secondary N) is 1. The van der Waals surface area contributed by atoms with Crippen LogP contribution in [0.25, 0.3) is 0 Å². The molecule has 0 aliphatic heterocycles. The van der Waals surface area contributed by atoms with E-state index < -0.39 is 10.0 Å². The van der Waals surface area contributed by atoms with E-state index in [2.05, 4.69) is 9.82 Å². The predicted molar refractivity (Wildman–Crippen MR) is 79.4 cm³/mol. The van der Waals surface area contributed by atoms with Crippen molar-refractivity contribution in [3.05, 3.63) is 34.5 Å². The second-order valence-corrected chi connectivity index (χ2v) is 6.54. The Labute approximate surface area is 122 Å². The molecule has 3 N–H and O–H groups in total. The van der Waals surface area contributed by atoms with Crippen LogP contribution in [-0.4, -0.2) is 18.2 Å². The Kier molecular flexibility index (Phi) is 3.66. The molecule has 0 radical (unpaired) electrons. The molecule has 0 saturated carbocycles. The van der Waals surface area contributed by atoms with Gasteiger partial charge in [-0.1, -0.05) is 17.7 Å². The summed E-state index contributed by atoms with van der Waals surface area (Å²) in [5.74, 6) is -0.0410. The zero-order valence-electron chi connectivity index (χ0n) is 11.3. The summed E-state index contributed by atoms with van der Waals surface area (Å²) in [4.78, 5) is -0.0309. The Morgan fingerprint density at radius 2 is 2.00 bits per heavy atom. The van der Waals surface area contributed by atoms with Crippen LogP contribution in [0.1, 0.15) is 11.3 Å². The number of nitrogens with zero attached hydrogens (tertiary/aromatic N) is 2. The van der Waals surface area contributed by atoms with Crippen molar-refractivity contribution in [2.45, 2.75) is 18.7 Å². The number of halogens is 1. The lowest BCUT2D eigenvalue weighted by Crippen LogP contribution is -2.15. The van der Waals surface area contributed by atoms with Crippen molar-refractivity contribution in [2.75, 3.05) is 10.5 Å². The Hall–Kier alpha value is -1.73. The maximum Gasteiger partial charge on any atom is 0.267 e. The third-order valence-corrected chi connectivity index (χ3v) is 4.79. The maximum absolute atomic E-state index is 12.4. The van der Waals surface area contributed by atoms with Gasteiger partial charge in [0.1, 0.15) is 0 Å². The first-order chi connectivity index (χ1) is 9.22. The second kappa shape index (κ2) is 4.99. The molecule has 20 heavy (non-hydrogen) atoms. The number of nitrogen functional groups attached to an aromatic ring is 1. The molecule has 1 heterocycles. The number of sulfonamides is 1. The SMILES string of the molecule is Cc1ccc(NS(=O)(=O)c2c(N)nn(C)c2C)c(Cl)c1. The summed E-state index contributed by atoms with van der Waals surface area (Å²) in [6.45, 7) is 3.50. The van der Waals surface area contributed by atoms with Crippen LogP contribution < -0.4 is 10.5 Å². The first kappa shape index (κ1) is 14.7. The average Bonchev–Trinajstić information content (AvgIpc) is 2.57. The summed E-state index contributed by atoms with van der Waals surface area (Å²) in [6, 6.07) is 5.05. The molecule has 2 aromatic rings. The van der Waals surface area contributed by atoms with Gasteiger partial charge in [0, 0.05) is 7.05 Å². The van der Waals surface area contributed by atoms with Crippen LogP contribution in [0.5, 0.6) is 0 Å². The van der Waals surface area contributed by atoms with Gasteiger partial charge in [-0.15, -0.1) is 0 Å². The molecule has 0 aliphatic carbocycles. The van der Waals surface area contributed by atoms with E-state index in [9.17, 15) is 8.42 Å². The van der Waals surface area contributed by atoms with Gasteiger partial charge in [0.05, 0.1) is 16.4 Å². The van der Waals surface area contributed by atoms with Crippen LogP contribution >= 0.6 is 11.6 Å². The number of hydrogen-bond acceptors (Lipinski definition) is 4. The highest BCUT2D eigenvalue weighted by Gasteiger charge is 2.25. The van der Waals surface area contributed by atoms with Crippen LogP contribution in [0.2, 0.25) is 5.02 Å². The van der Waals surface area contributed by atoms with Gasteiger partial charge in [-0.05, 0) is 31.5 Å². The summed E-state index contributed by atoms with van der Waals surface area (Å²) in [6.07, 6.45) is 0. The van der Waals surface area contributed by atoms with Gasteiger partial charge in [-0.25, -0.2) is 8.42 Å². The molecule has 6 nitrogen and oxygen atoms in total. The molecule has 0 unspecified atom stereocenters. The topological polar surface area (TPSA) is 90.0 Å². The smallest absolute Gasteiger partial charge is 0.267 e. The maximum atomic E-state index is 12.4. The Morgan fingerprint density at radius 1 is 1.35 bits per heavy atom. The quantitative estimate of drug-likeness (QED) is 0.907. The van der Waals surface area contributed by atoms with Crippen molar-refractivity contribution in [3.8, 4) is 0 Å². The van der Waals surface area contributed by atoms with Crippen molar-refractivity contribution in [1.82, 2.24) is 9.78 Å². The van der Waals surface area contributed by atoms with E-state index in [1.54, 1.807) is 32.2 Å².